The van der Waals surface area contributed by atoms with Gasteiger partial charge < -0.3 is 5.73 Å². The minimum atomic E-state index is -0.124. The normalized spacial score (nSPS) is 21.4. The maximum Gasteiger partial charge on any atom is 0.127 e. The van der Waals surface area contributed by atoms with Gasteiger partial charge >= 0.3 is 0 Å². The van der Waals surface area contributed by atoms with Gasteiger partial charge in [-0.2, -0.15) is 11.8 Å². The van der Waals surface area contributed by atoms with Crippen LogP contribution in [0.5, 0.6) is 0 Å². The van der Waals surface area contributed by atoms with Crippen LogP contribution in [-0.2, 0) is 6.54 Å². The van der Waals surface area contributed by atoms with E-state index in [2.05, 4.69) is 4.90 Å². The third-order valence-electron chi connectivity index (χ3n) is 3.69. The fourth-order valence-corrected chi connectivity index (χ4v) is 3.93. The lowest BCUT2D eigenvalue weighted by atomic mass is 9.97. The highest BCUT2D eigenvalue weighted by molar-refractivity contribution is 7.99. The molecule has 0 aliphatic carbocycles. The zero-order valence-corrected chi connectivity index (χ0v) is 11.6. The van der Waals surface area contributed by atoms with Crippen LogP contribution in [0.25, 0.3) is 0 Å². The molecule has 0 spiro atoms. The Morgan fingerprint density at radius 2 is 2.28 bits per heavy atom. The zero-order chi connectivity index (χ0) is 13.0. The van der Waals surface area contributed by atoms with Crippen LogP contribution in [0.2, 0.25) is 0 Å². The van der Waals surface area contributed by atoms with Crippen LogP contribution >= 0.6 is 11.8 Å². The van der Waals surface area contributed by atoms with Crippen LogP contribution < -0.4 is 5.73 Å². The van der Waals surface area contributed by atoms with Gasteiger partial charge in [0, 0.05) is 24.7 Å². The molecule has 100 valence electrons. The van der Waals surface area contributed by atoms with E-state index in [0.29, 0.717) is 25.0 Å². The highest BCUT2D eigenvalue weighted by atomic mass is 32.2. The average Bonchev–Trinajstić information content (AvgIpc) is 2.87. The Morgan fingerprint density at radius 1 is 1.50 bits per heavy atom. The summed E-state index contributed by atoms with van der Waals surface area (Å²) in [6.45, 7) is 1.28. The van der Waals surface area contributed by atoms with Crippen LogP contribution in [-0.4, -0.2) is 36.0 Å². The van der Waals surface area contributed by atoms with Gasteiger partial charge in [0.05, 0.1) is 0 Å². The van der Waals surface area contributed by atoms with E-state index in [4.69, 9.17) is 5.73 Å². The second kappa shape index (κ2) is 6.55. The van der Waals surface area contributed by atoms with E-state index < -0.39 is 0 Å². The molecule has 2 rings (SSSR count). The fraction of sp³-hybridized carbons (Fsp3) is 0.571. The summed E-state index contributed by atoms with van der Waals surface area (Å²) >= 11 is 2.00. The fourth-order valence-electron chi connectivity index (χ4n) is 2.60. The van der Waals surface area contributed by atoms with Gasteiger partial charge in [0.1, 0.15) is 5.82 Å². The summed E-state index contributed by atoms with van der Waals surface area (Å²) in [6, 6.07) is 7.34. The first kappa shape index (κ1) is 13.8. The summed E-state index contributed by atoms with van der Waals surface area (Å²) in [6.07, 6.45) is 1.23. The summed E-state index contributed by atoms with van der Waals surface area (Å²) in [5.41, 5.74) is 6.65. The van der Waals surface area contributed by atoms with Crippen molar-refractivity contribution in [1.82, 2.24) is 4.90 Å². The van der Waals surface area contributed by atoms with Crippen molar-refractivity contribution < 1.29 is 4.39 Å². The largest absolute Gasteiger partial charge is 0.329 e. The van der Waals surface area contributed by atoms with Crippen LogP contribution in [0, 0.1) is 11.7 Å². The number of hydrogen-bond acceptors (Lipinski definition) is 3. The van der Waals surface area contributed by atoms with E-state index >= 15 is 0 Å². The summed E-state index contributed by atoms with van der Waals surface area (Å²) in [5.74, 6) is 2.94. The van der Waals surface area contributed by atoms with Crippen molar-refractivity contribution in [1.29, 1.82) is 0 Å². The summed E-state index contributed by atoms with van der Waals surface area (Å²) in [4.78, 5) is 2.20. The van der Waals surface area contributed by atoms with Crippen LogP contribution in [0.3, 0.4) is 0 Å². The van der Waals surface area contributed by atoms with Gasteiger partial charge in [0.2, 0.25) is 0 Å². The van der Waals surface area contributed by atoms with Gasteiger partial charge in [-0.05, 0) is 37.0 Å². The van der Waals surface area contributed by atoms with E-state index in [9.17, 15) is 4.39 Å². The molecule has 1 aliphatic heterocycles. The third-order valence-corrected chi connectivity index (χ3v) is 4.88. The second-order valence-electron chi connectivity index (χ2n) is 4.93. The lowest BCUT2D eigenvalue weighted by molar-refractivity contribution is 0.182. The number of hydrogen-bond donors (Lipinski definition) is 1. The number of halogens is 1. The number of nitrogens with two attached hydrogens (primary N) is 1. The Bertz CT molecular complexity index is 380. The lowest BCUT2D eigenvalue weighted by Crippen LogP contribution is -2.43. The van der Waals surface area contributed by atoms with Crippen molar-refractivity contribution >= 4 is 11.8 Å². The minimum absolute atomic E-state index is 0.124. The van der Waals surface area contributed by atoms with Crippen molar-refractivity contribution in [3.8, 4) is 0 Å². The molecule has 1 saturated heterocycles. The quantitative estimate of drug-likeness (QED) is 0.889. The highest BCUT2D eigenvalue weighted by Crippen LogP contribution is 2.28. The molecule has 2 atom stereocenters. The Hall–Kier alpha value is -0.580. The standard InChI is InChI=1S/C14H21FN2S/c1-17(9-11-4-2-3-5-13(11)15)14(8-16)12-6-7-18-10-12/h2-5,12,14H,6-10,16H2,1H3. The SMILES string of the molecule is CN(Cc1ccccc1F)C(CN)C1CCSC1. The second-order valence-corrected chi connectivity index (χ2v) is 6.08. The molecule has 18 heavy (non-hydrogen) atoms. The molecule has 1 aliphatic rings. The van der Waals surface area contributed by atoms with Gasteiger partial charge in [-0.15, -0.1) is 0 Å². The number of rotatable bonds is 5. The number of thioether (sulfide) groups is 1. The molecule has 1 aromatic rings. The molecule has 2 nitrogen and oxygen atoms in total. The van der Waals surface area contributed by atoms with Crippen LogP contribution in [0.1, 0.15) is 12.0 Å². The molecule has 0 bridgehead atoms. The van der Waals surface area contributed by atoms with Crippen molar-refractivity contribution in [3.05, 3.63) is 35.6 Å². The predicted octanol–water partition coefficient (Wildman–Crippen LogP) is 2.34. The molecule has 1 heterocycles. The molecule has 0 saturated carbocycles. The van der Waals surface area contributed by atoms with Crippen molar-refractivity contribution in [2.24, 2.45) is 11.7 Å². The maximum atomic E-state index is 13.6. The number of likely N-dealkylation sites (N-methyl/N-ethyl adjacent to an activating group) is 1. The monoisotopic (exact) mass is 268 g/mol. The number of benzene rings is 1. The summed E-state index contributed by atoms with van der Waals surface area (Å²) < 4.78 is 13.6. The molecular formula is C14H21FN2S. The smallest absolute Gasteiger partial charge is 0.127 e. The first-order chi connectivity index (χ1) is 8.72. The Morgan fingerprint density at radius 3 is 2.89 bits per heavy atom. The van der Waals surface area contributed by atoms with E-state index in [1.807, 2.05) is 30.9 Å². The molecule has 0 amide bonds. The highest BCUT2D eigenvalue weighted by Gasteiger charge is 2.27. The molecule has 4 heteroatoms. The van der Waals surface area contributed by atoms with Gasteiger partial charge in [0.15, 0.2) is 0 Å². The third kappa shape index (κ3) is 3.25. The minimum Gasteiger partial charge on any atom is -0.329 e. The van der Waals surface area contributed by atoms with Crippen LogP contribution in [0.4, 0.5) is 4.39 Å². The Balaban J connectivity index is 2.01. The van der Waals surface area contributed by atoms with Crippen molar-refractivity contribution in [2.45, 2.75) is 19.0 Å². The molecule has 1 fully saturated rings. The van der Waals surface area contributed by atoms with Gasteiger partial charge in [-0.1, -0.05) is 18.2 Å². The Kier molecular flexibility index (Phi) is 5.03. The summed E-state index contributed by atoms with van der Waals surface area (Å²) in [5, 5.41) is 0. The zero-order valence-electron chi connectivity index (χ0n) is 10.8. The van der Waals surface area contributed by atoms with E-state index in [1.165, 1.54) is 24.0 Å². The molecule has 2 unspecified atom stereocenters. The molecule has 0 radical (unpaired) electrons. The van der Waals surface area contributed by atoms with Gasteiger partial charge in [0.25, 0.3) is 0 Å². The molecule has 1 aromatic carbocycles. The van der Waals surface area contributed by atoms with Crippen molar-refractivity contribution in [3.63, 3.8) is 0 Å². The predicted molar refractivity (Wildman–Crippen MR) is 76.1 cm³/mol. The van der Waals surface area contributed by atoms with E-state index in [-0.39, 0.29) is 5.82 Å². The first-order valence-corrected chi connectivity index (χ1v) is 7.59. The van der Waals surface area contributed by atoms with Crippen LogP contribution in [0.15, 0.2) is 24.3 Å². The van der Waals surface area contributed by atoms with Crippen molar-refractivity contribution in [2.75, 3.05) is 25.1 Å². The average molecular weight is 268 g/mol. The number of nitrogens with zero attached hydrogens (tertiary/aromatic N) is 1. The lowest BCUT2D eigenvalue weighted by Gasteiger charge is -2.31. The molecule has 2 N–H and O–H groups in total. The van der Waals surface area contributed by atoms with Gasteiger partial charge in [-0.3, -0.25) is 4.90 Å². The molecular weight excluding hydrogens is 247 g/mol. The first-order valence-electron chi connectivity index (χ1n) is 6.44. The summed E-state index contributed by atoms with van der Waals surface area (Å²) in [7, 11) is 2.05. The maximum absolute atomic E-state index is 13.6. The Labute approximate surface area is 113 Å². The van der Waals surface area contributed by atoms with Gasteiger partial charge in [-0.25, -0.2) is 4.39 Å². The topological polar surface area (TPSA) is 29.3 Å². The molecule has 0 aromatic heterocycles. The van der Waals surface area contributed by atoms with E-state index in [0.717, 1.165) is 5.56 Å². The van der Waals surface area contributed by atoms with E-state index in [1.54, 1.807) is 6.07 Å².